The fraction of sp³-hybridized carbons (Fsp3) is 0.478. The van der Waals surface area contributed by atoms with E-state index in [0.29, 0.717) is 29.5 Å². The van der Waals surface area contributed by atoms with E-state index in [1.54, 1.807) is 6.92 Å². The molecule has 1 aromatic carbocycles. The Labute approximate surface area is 171 Å². The number of hydrogen-bond acceptors (Lipinski definition) is 4. The van der Waals surface area contributed by atoms with Gasteiger partial charge in [-0.1, -0.05) is 62.9 Å². The van der Waals surface area contributed by atoms with Gasteiger partial charge in [-0.25, -0.2) is 4.79 Å². The van der Waals surface area contributed by atoms with Crippen molar-refractivity contribution in [3.63, 3.8) is 0 Å². The standard InChI is InChI=1S/C23H29NO3S/c1-3-27-23(26)19-15-20(16(2)18-11-5-4-6-12-18)28-22(19)24-21(25)14-13-17-9-7-8-10-17/h4-6,11-12,15-17H,3,7-10,13-14H2,1-2H3,(H,24,25)/t16-/m0/s1. The van der Waals surface area contributed by atoms with Gasteiger partial charge in [0.25, 0.3) is 0 Å². The smallest absolute Gasteiger partial charge is 0.341 e. The number of carbonyl (C=O) groups is 2. The number of hydrogen-bond donors (Lipinski definition) is 1. The Morgan fingerprint density at radius 2 is 1.93 bits per heavy atom. The summed E-state index contributed by atoms with van der Waals surface area (Å²) >= 11 is 1.47. The maximum Gasteiger partial charge on any atom is 0.341 e. The predicted octanol–water partition coefficient (Wildman–Crippen LogP) is 5.99. The minimum Gasteiger partial charge on any atom is -0.462 e. The maximum absolute atomic E-state index is 12.5. The van der Waals surface area contributed by atoms with Crippen LogP contribution in [-0.2, 0) is 9.53 Å². The Kier molecular flexibility index (Phi) is 7.26. The molecule has 0 saturated heterocycles. The van der Waals surface area contributed by atoms with Crippen LogP contribution in [0.5, 0.6) is 0 Å². The zero-order chi connectivity index (χ0) is 19.9. The van der Waals surface area contributed by atoms with Gasteiger partial charge in [0.15, 0.2) is 0 Å². The molecule has 2 aromatic rings. The number of amides is 1. The highest BCUT2D eigenvalue weighted by molar-refractivity contribution is 7.16. The molecule has 28 heavy (non-hydrogen) atoms. The fourth-order valence-corrected chi connectivity index (χ4v) is 4.95. The molecule has 1 N–H and O–H groups in total. The molecule has 1 fully saturated rings. The highest BCUT2D eigenvalue weighted by Gasteiger charge is 2.23. The second-order valence-electron chi connectivity index (χ2n) is 7.48. The van der Waals surface area contributed by atoms with Crippen LogP contribution < -0.4 is 5.32 Å². The average molecular weight is 400 g/mol. The predicted molar refractivity (Wildman–Crippen MR) is 114 cm³/mol. The molecular weight excluding hydrogens is 370 g/mol. The van der Waals surface area contributed by atoms with Crippen LogP contribution in [0.4, 0.5) is 5.00 Å². The van der Waals surface area contributed by atoms with E-state index in [1.807, 2.05) is 24.3 Å². The van der Waals surface area contributed by atoms with Crippen LogP contribution >= 0.6 is 11.3 Å². The van der Waals surface area contributed by atoms with Gasteiger partial charge in [-0.2, -0.15) is 0 Å². The first kappa shape index (κ1) is 20.6. The third kappa shape index (κ3) is 5.22. The summed E-state index contributed by atoms with van der Waals surface area (Å²) in [6.07, 6.45) is 6.47. The van der Waals surface area contributed by atoms with E-state index in [1.165, 1.54) is 42.6 Å². The lowest BCUT2D eigenvalue weighted by atomic mass is 9.99. The first-order chi connectivity index (χ1) is 13.6. The van der Waals surface area contributed by atoms with Crippen molar-refractivity contribution in [3.8, 4) is 0 Å². The van der Waals surface area contributed by atoms with E-state index in [2.05, 4.69) is 24.4 Å². The van der Waals surface area contributed by atoms with Gasteiger partial charge in [0.2, 0.25) is 5.91 Å². The van der Waals surface area contributed by atoms with Gasteiger partial charge >= 0.3 is 5.97 Å². The zero-order valence-corrected chi connectivity index (χ0v) is 17.5. The number of thiophene rings is 1. The number of anilines is 1. The van der Waals surface area contributed by atoms with Gasteiger partial charge in [-0.05, 0) is 30.9 Å². The molecular formula is C23H29NO3S. The van der Waals surface area contributed by atoms with E-state index in [9.17, 15) is 9.59 Å². The monoisotopic (exact) mass is 399 g/mol. The van der Waals surface area contributed by atoms with Crippen molar-refractivity contribution >= 4 is 28.2 Å². The molecule has 1 heterocycles. The third-order valence-corrected chi connectivity index (χ3v) is 6.71. The largest absolute Gasteiger partial charge is 0.462 e. The summed E-state index contributed by atoms with van der Waals surface area (Å²) in [5.74, 6) is 0.422. The quantitative estimate of drug-likeness (QED) is 0.555. The van der Waals surface area contributed by atoms with Gasteiger partial charge in [-0.15, -0.1) is 11.3 Å². The first-order valence-corrected chi connectivity index (χ1v) is 11.1. The highest BCUT2D eigenvalue weighted by atomic mass is 32.1. The van der Waals surface area contributed by atoms with Crippen LogP contribution in [0.25, 0.3) is 0 Å². The van der Waals surface area contributed by atoms with Crippen LogP contribution in [0.3, 0.4) is 0 Å². The summed E-state index contributed by atoms with van der Waals surface area (Å²) in [6, 6.07) is 12.0. The Morgan fingerprint density at radius 1 is 1.21 bits per heavy atom. The molecule has 3 rings (SSSR count). The second kappa shape index (κ2) is 9.87. The number of nitrogens with one attached hydrogen (secondary N) is 1. The van der Waals surface area contributed by atoms with Crippen LogP contribution in [-0.4, -0.2) is 18.5 Å². The Balaban J connectivity index is 1.74. The molecule has 150 valence electrons. The molecule has 4 nitrogen and oxygen atoms in total. The molecule has 1 aromatic heterocycles. The lowest BCUT2D eigenvalue weighted by Gasteiger charge is -2.10. The molecule has 1 saturated carbocycles. The van der Waals surface area contributed by atoms with Gasteiger partial charge in [-0.3, -0.25) is 4.79 Å². The van der Waals surface area contributed by atoms with Gasteiger partial charge in [0, 0.05) is 17.2 Å². The average Bonchev–Trinajstić information content (AvgIpc) is 3.37. The maximum atomic E-state index is 12.5. The molecule has 0 aliphatic heterocycles. The Bertz CT molecular complexity index is 793. The van der Waals surface area contributed by atoms with Crippen LogP contribution in [0.15, 0.2) is 36.4 Å². The summed E-state index contributed by atoms with van der Waals surface area (Å²) in [5, 5.41) is 3.58. The third-order valence-electron chi connectivity index (χ3n) is 5.48. The van der Waals surface area contributed by atoms with E-state index in [-0.39, 0.29) is 17.8 Å². The lowest BCUT2D eigenvalue weighted by Crippen LogP contribution is -2.14. The number of esters is 1. The second-order valence-corrected chi connectivity index (χ2v) is 8.57. The van der Waals surface area contributed by atoms with E-state index in [0.717, 1.165) is 11.3 Å². The van der Waals surface area contributed by atoms with Crippen LogP contribution in [0.1, 0.15) is 79.1 Å². The number of benzene rings is 1. The molecule has 1 atom stereocenters. The fourth-order valence-electron chi connectivity index (χ4n) is 3.81. The summed E-state index contributed by atoms with van der Waals surface area (Å²) in [6.45, 7) is 4.22. The van der Waals surface area contributed by atoms with Crippen molar-refractivity contribution in [3.05, 3.63) is 52.4 Å². The van der Waals surface area contributed by atoms with Gasteiger partial charge < -0.3 is 10.1 Å². The zero-order valence-electron chi connectivity index (χ0n) is 16.7. The number of carbonyl (C=O) groups excluding carboxylic acids is 2. The summed E-state index contributed by atoms with van der Waals surface area (Å²) in [4.78, 5) is 26.0. The number of ether oxygens (including phenoxy) is 1. The van der Waals surface area contributed by atoms with E-state index >= 15 is 0 Å². The molecule has 0 bridgehead atoms. The van der Waals surface area contributed by atoms with Crippen molar-refractivity contribution in [2.75, 3.05) is 11.9 Å². The molecule has 0 spiro atoms. The number of rotatable bonds is 8. The van der Waals surface area contributed by atoms with Gasteiger partial charge in [0.1, 0.15) is 5.00 Å². The van der Waals surface area contributed by atoms with Crippen molar-refractivity contribution < 1.29 is 14.3 Å². The van der Waals surface area contributed by atoms with E-state index < -0.39 is 0 Å². The molecule has 1 amide bonds. The molecule has 0 radical (unpaired) electrons. The van der Waals surface area contributed by atoms with Crippen molar-refractivity contribution in [1.29, 1.82) is 0 Å². The normalized spacial score (nSPS) is 15.4. The van der Waals surface area contributed by atoms with Crippen LogP contribution in [0, 0.1) is 5.92 Å². The topological polar surface area (TPSA) is 55.4 Å². The minimum absolute atomic E-state index is 0.0155. The van der Waals surface area contributed by atoms with Gasteiger partial charge in [0.05, 0.1) is 12.2 Å². The van der Waals surface area contributed by atoms with Crippen LogP contribution in [0.2, 0.25) is 0 Å². The van der Waals surface area contributed by atoms with Crippen molar-refractivity contribution in [2.45, 2.75) is 58.3 Å². The first-order valence-electron chi connectivity index (χ1n) is 10.2. The molecule has 0 unspecified atom stereocenters. The lowest BCUT2D eigenvalue weighted by molar-refractivity contribution is -0.116. The minimum atomic E-state index is -0.378. The molecule has 1 aliphatic rings. The van der Waals surface area contributed by atoms with E-state index in [4.69, 9.17) is 4.74 Å². The Morgan fingerprint density at radius 3 is 2.61 bits per heavy atom. The van der Waals surface area contributed by atoms with Crippen molar-refractivity contribution in [2.24, 2.45) is 5.92 Å². The SMILES string of the molecule is CCOC(=O)c1cc([C@@H](C)c2ccccc2)sc1NC(=O)CCC1CCCC1. The molecule has 5 heteroatoms. The summed E-state index contributed by atoms with van der Waals surface area (Å²) in [5.41, 5.74) is 1.64. The highest BCUT2D eigenvalue weighted by Crippen LogP contribution is 2.37. The Hall–Kier alpha value is -2.14. The summed E-state index contributed by atoms with van der Waals surface area (Å²) < 4.78 is 5.21. The van der Waals surface area contributed by atoms with Crippen molar-refractivity contribution in [1.82, 2.24) is 0 Å². The summed E-state index contributed by atoms with van der Waals surface area (Å²) in [7, 11) is 0. The molecule has 1 aliphatic carbocycles.